The molecule has 2 N–H and O–H groups in total. The molecule has 2 aromatic carbocycles. The highest BCUT2D eigenvalue weighted by Gasteiger charge is 2.19. The molecule has 0 aliphatic heterocycles. The number of ether oxygens (including phenoxy) is 1. The summed E-state index contributed by atoms with van der Waals surface area (Å²) in [7, 11) is 0. The molecule has 0 spiro atoms. The molecule has 0 atom stereocenters. The van der Waals surface area contributed by atoms with Crippen molar-refractivity contribution in [3.63, 3.8) is 0 Å². The summed E-state index contributed by atoms with van der Waals surface area (Å²) < 4.78 is 6.86. The molecule has 0 radical (unpaired) electrons. The van der Waals surface area contributed by atoms with Crippen LogP contribution in [0.15, 0.2) is 46.5 Å². The van der Waals surface area contributed by atoms with Crippen molar-refractivity contribution in [1.82, 2.24) is 14.8 Å². The van der Waals surface area contributed by atoms with Crippen LogP contribution in [-0.2, 0) is 16.1 Å². The Bertz CT molecular complexity index is 1210. The molecule has 8 nitrogen and oxygen atoms in total. The first-order chi connectivity index (χ1) is 15.7. The van der Waals surface area contributed by atoms with Crippen LogP contribution >= 0.6 is 46.6 Å². The minimum absolute atomic E-state index is 0.000689. The summed E-state index contributed by atoms with van der Waals surface area (Å²) in [6.45, 7) is 1.79. The van der Waals surface area contributed by atoms with Crippen LogP contribution in [0.1, 0.15) is 12.5 Å². The Hall–Kier alpha value is -2.72. The van der Waals surface area contributed by atoms with E-state index in [-0.39, 0.29) is 20.7 Å². The van der Waals surface area contributed by atoms with Gasteiger partial charge < -0.3 is 19.5 Å². The fourth-order valence-corrected chi connectivity index (χ4v) is 4.41. The molecule has 1 aromatic heterocycles. The van der Waals surface area contributed by atoms with Gasteiger partial charge in [0, 0.05) is 17.1 Å². The van der Waals surface area contributed by atoms with Gasteiger partial charge in [-0.3, -0.25) is 0 Å². The number of aliphatic carboxylic acids is 2. The molecule has 0 amide bonds. The summed E-state index contributed by atoms with van der Waals surface area (Å²) >= 11 is 19.2. The van der Waals surface area contributed by atoms with Gasteiger partial charge in [0.2, 0.25) is 0 Å². The van der Waals surface area contributed by atoms with Crippen molar-refractivity contribution in [2.75, 3.05) is 6.61 Å². The number of rotatable bonds is 9. The lowest BCUT2D eigenvalue weighted by Crippen LogP contribution is -2.10. The third kappa shape index (κ3) is 6.20. The molecule has 0 saturated carbocycles. The van der Waals surface area contributed by atoms with Gasteiger partial charge in [-0.05, 0) is 66.7 Å². The molecule has 172 valence electrons. The minimum atomic E-state index is -1.19. The van der Waals surface area contributed by atoms with Crippen molar-refractivity contribution in [1.29, 1.82) is 0 Å². The monoisotopic (exact) mass is 527 g/mol. The zero-order chi connectivity index (χ0) is 24.1. The third-order valence-electron chi connectivity index (χ3n) is 4.21. The average molecular weight is 529 g/mol. The lowest BCUT2D eigenvalue weighted by Gasteiger charge is -2.10. The van der Waals surface area contributed by atoms with Crippen molar-refractivity contribution >= 4 is 64.6 Å². The Kier molecular flexibility index (Phi) is 8.25. The molecule has 0 fully saturated rings. The molecular weight excluding hydrogens is 513 g/mol. The Balaban J connectivity index is 1.92. The highest BCUT2D eigenvalue weighted by atomic mass is 35.5. The lowest BCUT2D eigenvalue weighted by molar-refractivity contribution is -0.139. The van der Waals surface area contributed by atoms with Gasteiger partial charge in [0.15, 0.2) is 23.3 Å². The topological polar surface area (TPSA) is 115 Å². The van der Waals surface area contributed by atoms with Crippen molar-refractivity contribution in [2.45, 2.75) is 18.6 Å². The van der Waals surface area contributed by atoms with E-state index in [2.05, 4.69) is 10.2 Å². The van der Waals surface area contributed by atoms with Crippen LogP contribution < -0.4 is 4.74 Å². The zero-order valence-corrected chi connectivity index (χ0v) is 20.0. The highest BCUT2D eigenvalue weighted by molar-refractivity contribution is 8.04. The van der Waals surface area contributed by atoms with E-state index in [1.807, 2.05) is 6.92 Å². The number of thioether (sulfide) groups is 1. The van der Waals surface area contributed by atoms with E-state index in [1.54, 1.807) is 28.8 Å². The number of carboxylic acid groups (broad SMARTS) is 2. The van der Waals surface area contributed by atoms with Crippen LogP contribution in [0.5, 0.6) is 5.75 Å². The first-order valence-electron chi connectivity index (χ1n) is 9.35. The second kappa shape index (κ2) is 10.9. The van der Waals surface area contributed by atoms with Gasteiger partial charge in [-0.25, -0.2) is 9.59 Å². The highest BCUT2D eigenvalue weighted by Crippen LogP contribution is 2.36. The summed E-state index contributed by atoms with van der Waals surface area (Å²) in [6.07, 6.45) is 1.38. The first kappa shape index (κ1) is 24.9. The molecule has 33 heavy (non-hydrogen) atoms. The summed E-state index contributed by atoms with van der Waals surface area (Å²) in [5.41, 5.74) is 1.18. The maximum absolute atomic E-state index is 11.9. The van der Waals surface area contributed by atoms with Crippen LogP contribution in [0.2, 0.25) is 15.1 Å². The summed E-state index contributed by atoms with van der Waals surface area (Å²) in [5, 5.41) is 27.9. The fourth-order valence-electron chi connectivity index (χ4n) is 2.78. The van der Waals surface area contributed by atoms with Gasteiger partial charge >= 0.3 is 11.9 Å². The minimum Gasteiger partial charge on any atom is -0.479 e. The number of nitrogens with zero attached hydrogens (tertiary/aromatic N) is 3. The average Bonchev–Trinajstić information content (AvgIpc) is 3.15. The van der Waals surface area contributed by atoms with Crippen molar-refractivity contribution < 1.29 is 24.5 Å². The largest absolute Gasteiger partial charge is 0.479 e. The standard InChI is InChI=1S/C21H16Cl3N3O5S/c1-2-27-19(12-3-5-13(22)6-4-12)25-26-21(27)33-16(20(30)31)9-11-7-14(23)18(15(24)8-11)32-10-17(28)29/h3-9H,2,10H2,1H3,(H,28,29)(H,30,31)/b16-9-. The summed E-state index contributed by atoms with van der Waals surface area (Å²) in [5.74, 6) is -1.79. The maximum atomic E-state index is 11.9. The number of benzene rings is 2. The Morgan fingerprint density at radius 3 is 2.27 bits per heavy atom. The number of hydrogen-bond acceptors (Lipinski definition) is 6. The molecule has 1 heterocycles. The van der Waals surface area contributed by atoms with Gasteiger partial charge in [-0.2, -0.15) is 0 Å². The van der Waals surface area contributed by atoms with Gasteiger partial charge in [0.05, 0.1) is 10.0 Å². The van der Waals surface area contributed by atoms with Gasteiger partial charge in [0.25, 0.3) is 0 Å². The maximum Gasteiger partial charge on any atom is 0.342 e. The quantitative estimate of drug-likeness (QED) is 0.272. The molecule has 0 unspecified atom stereocenters. The Morgan fingerprint density at radius 1 is 1.09 bits per heavy atom. The van der Waals surface area contributed by atoms with E-state index in [1.165, 1.54) is 18.2 Å². The lowest BCUT2D eigenvalue weighted by atomic mass is 10.2. The normalized spacial score (nSPS) is 11.5. The van der Waals surface area contributed by atoms with Crippen LogP contribution in [0.25, 0.3) is 17.5 Å². The molecule has 0 aliphatic carbocycles. The first-order valence-corrected chi connectivity index (χ1v) is 11.3. The third-order valence-corrected chi connectivity index (χ3v) is 6.02. The molecule has 0 bridgehead atoms. The van der Waals surface area contributed by atoms with Crippen LogP contribution in [0.4, 0.5) is 0 Å². The summed E-state index contributed by atoms with van der Waals surface area (Å²) in [6, 6.07) is 9.93. The SMILES string of the molecule is CCn1c(S/C(=C\c2cc(Cl)c(OCC(=O)O)c(Cl)c2)C(=O)O)nnc1-c1ccc(Cl)cc1. The Labute approximate surface area is 207 Å². The van der Waals surface area contributed by atoms with Crippen LogP contribution in [0.3, 0.4) is 0 Å². The van der Waals surface area contributed by atoms with Crippen LogP contribution in [0, 0.1) is 0 Å². The van der Waals surface area contributed by atoms with Gasteiger partial charge in [-0.15, -0.1) is 10.2 Å². The van der Waals surface area contributed by atoms with E-state index in [4.69, 9.17) is 44.6 Å². The number of halogens is 3. The molecular formula is C21H16Cl3N3O5S. The van der Waals surface area contributed by atoms with Gasteiger partial charge in [-0.1, -0.05) is 34.8 Å². The number of carboxylic acids is 2. The van der Waals surface area contributed by atoms with E-state index >= 15 is 0 Å². The Morgan fingerprint density at radius 2 is 1.73 bits per heavy atom. The van der Waals surface area contributed by atoms with E-state index in [0.29, 0.717) is 28.1 Å². The van der Waals surface area contributed by atoms with Crippen molar-refractivity contribution in [3.8, 4) is 17.1 Å². The van der Waals surface area contributed by atoms with Crippen molar-refractivity contribution in [2.24, 2.45) is 0 Å². The zero-order valence-electron chi connectivity index (χ0n) is 17.0. The smallest absolute Gasteiger partial charge is 0.342 e. The molecule has 3 aromatic rings. The predicted molar refractivity (Wildman–Crippen MR) is 127 cm³/mol. The number of carbonyl (C=O) groups is 2. The second-order valence-electron chi connectivity index (χ2n) is 6.47. The van der Waals surface area contributed by atoms with Crippen LogP contribution in [-0.4, -0.2) is 43.5 Å². The number of aromatic nitrogens is 3. The molecule has 0 saturated heterocycles. The van der Waals surface area contributed by atoms with E-state index in [9.17, 15) is 14.7 Å². The van der Waals surface area contributed by atoms with E-state index in [0.717, 1.165) is 17.3 Å². The fraction of sp³-hybridized carbons (Fsp3) is 0.143. The number of hydrogen-bond donors (Lipinski definition) is 2. The van der Waals surface area contributed by atoms with Crippen molar-refractivity contribution in [3.05, 3.63) is 61.9 Å². The second-order valence-corrected chi connectivity index (χ2v) is 8.73. The molecule has 12 heteroatoms. The van der Waals surface area contributed by atoms with Gasteiger partial charge in [0.1, 0.15) is 4.91 Å². The van der Waals surface area contributed by atoms with E-state index < -0.39 is 18.5 Å². The molecule has 0 aliphatic rings. The molecule has 3 rings (SSSR count). The predicted octanol–water partition coefficient (Wildman–Crippen LogP) is 5.61. The summed E-state index contributed by atoms with van der Waals surface area (Å²) in [4.78, 5) is 22.6.